The summed E-state index contributed by atoms with van der Waals surface area (Å²) in [6.07, 6.45) is 3.59. The Morgan fingerprint density at radius 2 is 1.58 bits per heavy atom. The molecule has 1 unspecified atom stereocenters. The van der Waals surface area contributed by atoms with Gasteiger partial charge in [-0.3, -0.25) is 0 Å². The first-order valence-electron chi connectivity index (χ1n) is 8.34. The average Bonchev–Trinajstić information content (AvgIpc) is 2.64. The smallest absolute Gasteiger partial charge is 0.146 e. The van der Waals surface area contributed by atoms with Gasteiger partial charge in [-0.2, -0.15) is 0 Å². The molecular formula is C21H22FOP. The van der Waals surface area contributed by atoms with Gasteiger partial charge in [0.15, 0.2) is 0 Å². The van der Waals surface area contributed by atoms with Crippen LogP contribution in [0.5, 0.6) is 0 Å². The molecule has 24 heavy (non-hydrogen) atoms. The van der Waals surface area contributed by atoms with E-state index in [1.165, 1.54) is 0 Å². The van der Waals surface area contributed by atoms with Crippen molar-refractivity contribution in [2.45, 2.75) is 25.4 Å². The first-order valence-corrected chi connectivity index (χ1v) is 10.2. The lowest BCUT2D eigenvalue weighted by Crippen LogP contribution is -2.18. The van der Waals surface area contributed by atoms with Gasteiger partial charge in [-0.1, -0.05) is 73.3 Å². The topological polar surface area (TPSA) is 17.1 Å². The molecule has 0 aliphatic heterocycles. The molecule has 124 valence electrons. The minimum Gasteiger partial charge on any atom is -0.313 e. The van der Waals surface area contributed by atoms with E-state index in [0.717, 1.165) is 29.0 Å². The van der Waals surface area contributed by atoms with Gasteiger partial charge in [0, 0.05) is 16.8 Å². The molecule has 2 aromatic carbocycles. The number of rotatable bonds is 4. The van der Waals surface area contributed by atoms with E-state index >= 15 is 0 Å². The molecule has 3 rings (SSSR count). The van der Waals surface area contributed by atoms with Crippen LogP contribution in [0.15, 0.2) is 84.5 Å². The lowest BCUT2D eigenvalue weighted by atomic mass is 9.89. The maximum Gasteiger partial charge on any atom is 0.146 e. The van der Waals surface area contributed by atoms with E-state index < -0.39 is 13.3 Å². The van der Waals surface area contributed by atoms with Gasteiger partial charge in [-0.15, -0.1) is 0 Å². The zero-order valence-electron chi connectivity index (χ0n) is 13.7. The second kappa shape index (κ2) is 7.32. The van der Waals surface area contributed by atoms with Crippen molar-refractivity contribution in [1.29, 1.82) is 0 Å². The molecule has 0 saturated heterocycles. The summed E-state index contributed by atoms with van der Waals surface area (Å²) in [5.41, 5.74) is 1.50. The molecule has 1 nitrogen and oxygen atoms in total. The van der Waals surface area contributed by atoms with Crippen LogP contribution in [0.1, 0.15) is 19.3 Å². The normalized spacial score (nSPS) is 20.3. The standard InChI is InChI=1S/C21H22FOP/c1-17-18(9-8-14-21(17)22)15-16-24(23,19-10-4-2-5-11-19)20-12-6-3-7-13-20/h2-7,10-13,15,21H,1,8-9,14,16H2/b18-15-. The van der Waals surface area contributed by atoms with Crippen molar-refractivity contribution >= 4 is 17.8 Å². The van der Waals surface area contributed by atoms with Crippen LogP contribution in [-0.2, 0) is 4.57 Å². The Bertz CT molecular complexity index is 737. The Morgan fingerprint density at radius 1 is 1.04 bits per heavy atom. The lowest BCUT2D eigenvalue weighted by molar-refractivity contribution is 0.340. The Balaban J connectivity index is 1.98. The molecule has 1 atom stereocenters. The quantitative estimate of drug-likeness (QED) is 0.716. The van der Waals surface area contributed by atoms with Gasteiger partial charge in [-0.05, 0) is 30.4 Å². The van der Waals surface area contributed by atoms with Gasteiger partial charge < -0.3 is 4.57 Å². The molecule has 0 bridgehead atoms. The summed E-state index contributed by atoms with van der Waals surface area (Å²) in [6.45, 7) is 3.89. The monoisotopic (exact) mass is 340 g/mol. The summed E-state index contributed by atoms with van der Waals surface area (Å²) in [5, 5.41) is 1.68. The SMILES string of the molecule is C=C1/C(=C\CP(=O)(c2ccccc2)c2ccccc2)CCCC1F. The van der Waals surface area contributed by atoms with Gasteiger partial charge >= 0.3 is 0 Å². The van der Waals surface area contributed by atoms with Crippen LogP contribution < -0.4 is 10.6 Å². The third kappa shape index (κ3) is 3.44. The zero-order valence-corrected chi connectivity index (χ0v) is 14.6. The van der Waals surface area contributed by atoms with Gasteiger partial charge in [-0.25, -0.2) is 4.39 Å². The highest BCUT2D eigenvalue weighted by Crippen LogP contribution is 2.44. The Kier molecular flexibility index (Phi) is 5.16. The zero-order chi connectivity index (χ0) is 17.0. The predicted octanol–water partition coefficient (Wildman–Crippen LogP) is 5.01. The highest BCUT2D eigenvalue weighted by molar-refractivity contribution is 7.78. The van der Waals surface area contributed by atoms with Crippen molar-refractivity contribution in [3.63, 3.8) is 0 Å². The number of hydrogen-bond acceptors (Lipinski definition) is 1. The molecule has 1 saturated carbocycles. The van der Waals surface area contributed by atoms with Crippen molar-refractivity contribution in [3.8, 4) is 0 Å². The molecule has 0 heterocycles. The second-order valence-electron chi connectivity index (χ2n) is 6.21. The van der Waals surface area contributed by atoms with Gasteiger partial charge in [0.25, 0.3) is 0 Å². The first kappa shape index (κ1) is 16.9. The summed E-state index contributed by atoms with van der Waals surface area (Å²) in [6, 6.07) is 19.2. The van der Waals surface area contributed by atoms with E-state index in [2.05, 4.69) is 6.58 Å². The van der Waals surface area contributed by atoms with E-state index in [1.54, 1.807) is 0 Å². The Labute approximate surface area is 143 Å². The van der Waals surface area contributed by atoms with E-state index in [0.29, 0.717) is 18.2 Å². The molecule has 0 radical (unpaired) electrons. The third-order valence-corrected chi connectivity index (χ3v) is 7.60. The van der Waals surface area contributed by atoms with Crippen LogP contribution in [0.3, 0.4) is 0 Å². The molecule has 0 amide bonds. The second-order valence-corrected chi connectivity index (χ2v) is 9.09. The van der Waals surface area contributed by atoms with Crippen molar-refractivity contribution < 1.29 is 8.96 Å². The highest BCUT2D eigenvalue weighted by Gasteiger charge is 2.27. The first-order chi connectivity index (χ1) is 11.6. The molecule has 0 aromatic heterocycles. The van der Waals surface area contributed by atoms with Crippen molar-refractivity contribution in [1.82, 2.24) is 0 Å². The van der Waals surface area contributed by atoms with Crippen LogP contribution in [0.4, 0.5) is 4.39 Å². The number of benzene rings is 2. The van der Waals surface area contributed by atoms with Crippen LogP contribution in [0.25, 0.3) is 0 Å². The predicted molar refractivity (Wildman–Crippen MR) is 101 cm³/mol. The molecule has 3 heteroatoms. The van der Waals surface area contributed by atoms with Crippen molar-refractivity contribution in [2.75, 3.05) is 6.16 Å². The summed E-state index contributed by atoms with van der Waals surface area (Å²) in [5.74, 6) is 0. The molecule has 1 aliphatic rings. The van der Waals surface area contributed by atoms with Crippen LogP contribution >= 0.6 is 7.14 Å². The van der Waals surface area contributed by atoms with Crippen molar-refractivity contribution in [3.05, 3.63) is 84.5 Å². The fraction of sp³-hybridized carbons (Fsp3) is 0.238. The molecule has 1 aliphatic carbocycles. The van der Waals surface area contributed by atoms with Crippen LogP contribution in [-0.4, -0.2) is 12.3 Å². The maximum atomic E-state index is 13.9. The number of allylic oxidation sites excluding steroid dienone is 3. The van der Waals surface area contributed by atoms with Gasteiger partial charge in [0.1, 0.15) is 13.3 Å². The summed E-state index contributed by atoms with van der Waals surface area (Å²) in [7, 11) is -2.78. The molecule has 1 fully saturated rings. The molecule has 0 spiro atoms. The fourth-order valence-corrected chi connectivity index (χ4v) is 5.68. The van der Waals surface area contributed by atoms with E-state index in [1.807, 2.05) is 66.7 Å². The molecular weight excluding hydrogens is 318 g/mol. The lowest BCUT2D eigenvalue weighted by Gasteiger charge is -2.23. The average molecular weight is 340 g/mol. The maximum absolute atomic E-state index is 13.9. The Hall–Kier alpha value is -1.92. The van der Waals surface area contributed by atoms with E-state index in [4.69, 9.17) is 0 Å². The number of alkyl halides is 1. The molecule has 0 N–H and O–H groups in total. The van der Waals surface area contributed by atoms with Gasteiger partial charge in [0.05, 0.1) is 0 Å². The number of hydrogen-bond donors (Lipinski definition) is 0. The van der Waals surface area contributed by atoms with Crippen molar-refractivity contribution in [2.24, 2.45) is 0 Å². The van der Waals surface area contributed by atoms with Crippen LogP contribution in [0, 0.1) is 0 Å². The Morgan fingerprint density at radius 3 is 2.12 bits per heavy atom. The minimum atomic E-state index is -2.78. The van der Waals surface area contributed by atoms with E-state index in [9.17, 15) is 8.96 Å². The largest absolute Gasteiger partial charge is 0.313 e. The minimum absolute atomic E-state index is 0.405. The summed E-state index contributed by atoms with van der Waals surface area (Å²) >= 11 is 0. The fourth-order valence-electron chi connectivity index (χ4n) is 3.18. The highest BCUT2D eigenvalue weighted by atomic mass is 31.2. The third-order valence-electron chi connectivity index (χ3n) is 4.64. The summed E-state index contributed by atoms with van der Waals surface area (Å²) in [4.78, 5) is 0. The number of halogens is 1. The van der Waals surface area contributed by atoms with Gasteiger partial charge in [0.2, 0.25) is 0 Å². The van der Waals surface area contributed by atoms with Crippen LogP contribution in [0.2, 0.25) is 0 Å². The molecule has 2 aromatic rings. The summed E-state index contributed by atoms with van der Waals surface area (Å²) < 4.78 is 27.8. The van der Waals surface area contributed by atoms with E-state index in [-0.39, 0.29) is 0 Å².